The highest BCUT2D eigenvalue weighted by Crippen LogP contribution is 2.19. The zero-order valence-corrected chi connectivity index (χ0v) is 30.3. The van der Waals surface area contributed by atoms with Gasteiger partial charge in [0.1, 0.15) is 53.9 Å². The predicted octanol–water partition coefficient (Wildman–Crippen LogP) is 7.39. The minimum atomic E-state index is -0.573. The van der Waals surface area contributed by atoms with E-state index in [1.807, 2.05) is 62.3 Å². The molecule has 10 nitrogen and oxygen atoms in total. The highest BCUT2D eigenvalue weighted by Gasteiger charge is 2.20. The maximum Gasteiger partial charge on any atom is 0.338 e. The number of ether oxygens (including phenoxy) is 6. The van der Waals surface area contributed by atoms with Crippen molar-refractivity contribution < 1.29 is 42.8 Å². The lowest BCUT2D eigenvalue weighted by molar-refractivity contribution is 0.00569. The molecular formula is C39H51NO9. The van der Waals surface area contributed by atoms with Crippen LogP contribution in [0.5, 0.6) is 17.2 Å². The molecule has 3 aromatic carbocycles. The van der Waals surface area contributed by atoms with Gasteiger partial charge in [-0.25, -0.2) is 14.4 Å². The van der Waals surface area contributed by atoms with E-state index in [2.05, 4.69) is 4.90 Å². The van der Waals surface area contributed by atoms with Gasteiger partial charge in [0.15, 0.2) is 0 Å². The molecule has 0 aliphatic heterocycles. The summed E-state index contributed by atoms with van der Waals surface area (Å²) in [5, 5.41) is 0. The Balaban J connectivity index is 1.56. The fraction of sp³-hybridized carbons (Fsp3) is 0.462. The predicted molar refractivity (Wildman–Crippen MR) is 188 cm³/mol. The molecule has 0 amide bonds. The van der Waals surface area contributed by atoms with Crippen LogP contribution in [0, 0.1) is 0 Å². The van der Waals surface area contributed by atoms with E-state index in [4.69, 9.17) is 28.4 Å². The summed E-state index contributed by atoms with van der Waals surface area (Å²) < 4.78 is 34.2. The summed E-state index contributed by atoms with van der Waals surface area (Å²) in [7, 11) is 0. The Morgan fingerprint density at radius 1 is 0.429 bits per heavy atom. The van der Waals surface area contributed by atoms with Crippen molar-refractivity contribution in [3.63, 3.8) is 0 Å². The first-order valence-electron chi connectivity index (χ1n) is 16.5. The minimum absolute atomic E-state index is 0.385. The zero-order valence-electron chi connectivity index (χ0n) is 30.3. The molecular weight excluding hydrogens is 626 g/mol. The molecule has 0 fully saturated rings. The molecule has 0 bridgehead atoms. The molecule has 10 heteroatoms. The first-order chi connectivity index (χ1) is 22.9. The lowest BCUT2D eigenvalue weighted by Gasteiger charge is -2.23. The van der Waals surface area contributed by atoms with E-state index < -0.39 is 16.8 Å². The van der Waals surface area contributed by atoms with E-state index in [0.717, 1.165) is 0 Å². The van der Waals surface area contributed by atoms with Gasteiger partial charge in [0.25, 0.3) is 0 Å². The number of carbonyl (C=O) groups excluding carboxylic acids is 3. The monoisotopic (exact) mass is 677 g/mol. The third-order valence-electron chi connectivity index (χ3n) is 6.50. The van der Waals surface area contributed by atoms with Crippen LogP contribution in [0.3, 0.4) is 0 Å². The summed E-state index contributed by atoms with van der Waals surface area (Å²) in [5.41, 5.74) is -0.354. The third-order valence-corrected chi connectivity index (χ3v) is 6.50. The summed E-state index contributed by atoms with van der Waals surface area (Å²) in [6.45, 7) is 19.4. The number of benzene rings is 3. The van der Waals surface area contributed by atoms with Crippen molar-refractivity contribution in [2.75, 3.05) is 39.5 Å². The highest BCUT2D eigenvalue weighted by atomic mass is 16.6. The van der Waals surface area contributed by atoms with Gasteiger partial charge in [-0.1, -0.05) is 0 Å². The lowest BCUT2D eigenvalue weighted by Crippen LogP contribution is -2.35. The summed E-state index contributed by atoms with van der Waals surface area (Å²) >= 11 is 0. The van der Waals surface area contributed by atoms with Gasteiger partial charge in [0.2, 0.25) is 0 Å². The van der Waals surface area contributed by atoms with Crippen molar-refractivity contribution in [3.05, 3.63) is 89.5 Å². The van der Waals surface area contributed by atoms with Gasteiger partial charge in [0, 0.05) is 19.6 Å². The molecule has 0 aliphatic carbocycles. The quantitative estimate of drug-likeness (QED) is 0.119. The molecule has 0 saturated heterocycles. The van der Waals surface area contributed by atoms with Crippen LogP contribution in [-0.4, -0.2) is 79.1 Å². The molecule has 0 N–H and O–H groups in total. The van der Waals surface area contributed by atoms with Crippen molar-refractivity contribution >= 4 is 17.9 Å². The molecule has 0 unspecified atom stereocenters. The minimum Gasteiger partial charge on any atom is -0.492 e. The van der Waals surface area contributed by atoms with Crippen molar-refractivity contribution in [2.45, 2.75) is 79.1 Å². The van der Waals surface area contributed by atoms with Crippen LogP contribution in [-0.2, 0) is 14.2 Å². The molecule has 49 heavy (non-hydrogen) atoms. The third kappa shape index (κ3) is 15.0. The van der Waals surface area contributed by atoms with Crippen molar-refractivity contribution in [1.29, 1.82) is 0 Å². The first-order valence-corrected chi connectivity index (χ1v) is 16.5. The maximum atomic E-state index is 12.3. The summed E-state index contributed by atoms with van der Waals surface area (Å²) in [6, 6.07) is 20.6. The molecule has 0 radical (unpaired) electrons. The van der Waals surface area contributed by atoms with Gasteiger partial charge in [-0.2, -0.15) is 0 Å². The SMILES string of the molecule is CC(C)(C)OC(=O)c1ccc(OCCN(CCOc2ccc(C(=O)OC(C)(C)C)cc2)CCOc2ccc(C(=O)OC(C)(C)C)cc2)cc1. The van der Waals surface area contributed by atoms with Gasteiger partial charge >= 0.3 is 17.9 Å². The lowest BCUT2D eigenvalue weighted by atomic mass is 10.1. The Morgan fingerprint density at radius 2 is 0.653 bits per heavy atom. The Kier molecular flexibility index (Phi) is 13.6. The van der Waals surface area contributed by atoms with E-state index >= 15 is 0 Å². The Morgan fingerprint density at radius 3 is 0.857 bits per heavy atom. The number of esters is 3. The second kappa shape index (κ2) is 17.2. The van der Waals surface area contributed by atoms with Gasteiger partial charge in [-0.3, -0.25) is 4.90 Å². The topological polar surface area (TPSA) is 110 Å². The second-order valence-electron chi connectivity index (χ2n) is 14.5. The molecule has 0 aromatic heterocycles. The molecule has 3 aromatic rings. The van der Waals surface area contributed by atoms with Gasteiger partial charge in [-0.05, 0) is 135 Å². The number of rotatable bonds is 15. The molecule has 0 spiro atoms. The fourth-order valence-corrected chi connectivity index (χ4v) is 4.29. The molecule has 3 rings (SSSR count). The van der Waals surface area contributed by atoms with E-state index in [-0.39, 0.29) is 17.9 Å². The molecule has 0 heterocycles. The van der Waals surface area contributed by atoms with E-state index in [9.17, 15) is 14.4 Å². The van der Waals surface area contributed by atoms with Crippen molar-refractivity contribution in [2.24, 2.45) is 0 Å². The molecule has 266 valence electrons. The van der Waals surface area contributed by atoms with Crippen LogP contribution in [0.25, 0.3) is 0 Å². The number of hydrogen-bond donors (Lipinski definition) is 0. The summed E-state index contributed by atoms with van der Waals surface area (Å²) in [4.78, 5) is 39.2. The maximum absolute atomic E-state index is 12.3. The normalized spacial score (nSPS) is 11.9. The number of carbonyl (C=O) groups is 3. The Labute approximate surface area is 290 Å². The standard InChI is InChI=1S/C39H51NO9/c1-37(2,3)47-34(41)28-10-16-31(17-11-28)44-25-22-40(23-26-45-32-18-12-29(13-19-32)35(42)48-38(4,5)6)24-27-46-33-20-14-30(15-21-33)36(43)49-39(7,8)9/h10-21H,22-27H2,1-9H3. The summed E-state index contributed by atoms with van der Waals surface area (Å²) in [6.07, 6.45) is 0. The van der Waals surface area contributed by atoms with Crippen LogP contribution in [0.2, 0.25) is 0 Å². The average Bonchev–Trinajstić information content (AvgIpc) is 2.99. The Hall–Kier alpha value is -4.57. The highest BCUT2D eigenvalue weighted by molar-refractivity contribution is 5.90. The van der Waals surface area contributed by atoms with Crippen LogP contribution in [0.1, 0.15) is 93.4 Å². The van der Waals surface area contributed by atoms with Crippen LogP contribution < -0.4 is 14.2 Å². The van der Waals surface area contributed by atoms with Crippen molar-refractivity contribution in [3.8, 4) is 17.2 Å². The average molecular weight is 678 g/mol. The fourth-order valence-electron chi connectivity index (χ4n) is 4.29. The number of hydrogen-bond acceptors (Lipinski definition) is 10. The second-order valence-corrected chi connectivity index (χ2v) is 14.5. The van der Waals surface area contributed by atoms with Crippen LogP contribution in [0.4, 0.5) is 0 Å². The number of nitrogens with zero attached hydrogens (tertiary/aromatic N) is 1. The van der Waals surface area contributed by atoms with Crippen molar-refractivity contribution in [1.82, 2.24) is 4.90 Å². The van der Waals surface area contributed by atoms with E-state index in [1.165, 1.54) is 0 Å². The van der Waals surface area contributed by atoms with E-state index in [1.54, 1.807) is 72.8 Å². The molecule has 0 aliphatic rings. The largest absolute Gasteiger partial charge is 0.492 e. The van der Waals surface area contributed by atoms with Crippen LogP contribution >= 0.6 is 0 Å². The summed E-state index contributed by atoms with van der Waals surface area (Å²) in [5.74, 6) is 0.747. The van der Waals surface area contributed by atoms with E-state index in [0.29, 0.717) is 73.4 Å². The van der Waals surface area contributed by atoms with Gasteiger partial charge in [-0.15, -0.1) is 0 Å². The molecule has 0 atom stereocenters. The zero-order chi connectivity index (χ0) is 36.2. The van der Waals surface area contributed by atoms with Gasteiger partial charge in [0.05, 0.1) is 16.7 Å². The van der Waals surface area contributed by atoms with Gasteiger partial charge < -0.3 is 28.4 Å². The van der Waals surface area contributed by atoms with Crippen LogP contribution in [0.15, 0.2) is 72.8 Å². The first kappa shape index (κ1) is 38.9. The smallest absolute Gasteiger partial charge is 0.338 e. The Bertz CT molecular complexity index is 1310. The molecule has 0 saturated carbocycles.